The largest absolute Gasteiger partial charge is 0.382 e. The van der Waals surface area contributed by atoms with Crippen molar-refractivity contribution in [3.63, 3.8) is 0 Å². The molecule has 0 aliphatic heterocycles. The average Bonchev–Trinajstić information content (AvgIpc) is 2.62. The van der Waals surface area contributed by atoms with Crippen molar-refractivity contribution in [3.05, 3.63) is 83.5 Å². The Balaban J connectivity index is 1.73. The summed E-state index contributed by atoms with van der Waals surface area (Å²) in [5, 5.41) is 4.32. The molecule has 1 heterocycles. The second kappa shape index (κ2) is 7.98. The highest BCUT2D eigenvalue weighted by molar-refractivity contribution is 6.31. The molecule has 1 aromatic heterocycles. The van der Waals surface area contributed by atoms with Crippen LogP contribution in [0.4, 0.5) is 5.69 Å². The number of nitrogens with zero attached hydrogens (tertiary/aromatic N) is 1. The van der Waals surface area contributed by atoms with Crippen LogP contribution in [0.25, 0.3) is 11.3 Å². The molecular weight excluding hydrogens is 316 g/mol. The van der Waals surface area contributed by atoms with Crippen molar-refractivity contribution in [1.29, 1.82) is 0 Å². The van der Waals surface area contributed by atoms with E-state index in [2.05, 4.69) is 47.6 Å². The molecule has 2 aromatic carbocycles. The molecule has 0 aliphatic rings. The van der Waals surface area contributed by atoms with Crippen molar-refractivity contribution in [2.45, 2.75) is 25.8 Å². The fourth-order valence-corrected chi connectivity index (χ4v) is 2.92. The number of pyridine rings is 1. The van der Waals surface area contributed by atoms with E-state index >= 15 is 0 Å². The highest BCUT2D eigenvalue weighted by atomic mass is 35.5. The zero-order valence-electron chi connectivity index (χ0n) is 13.7. The van der Waals surface area contributed by atoms with Gasteiger partial charge >= 0.3 is 0 Å². The maximum absolute atomic E-state index is 6.20. The maximum atomic E-state index is 6.20. The van der Waals surface area contributed by atoms with E-state index in [1.54, 1.807) is 0 Å². The third kappa shape index (κ3) is 4.36. The van der Waals surface area contributed by atoms with E-state index in [0.717, 1.165) is 34.8 Å². The molecule has 1 atom stereocenters. The molecule has 3 aromatic rings. The Bertz CT molecular complexity index is 772. The first kappa shape index (κ1) is 16.5. The summed E-state index contributed by atoms with van der Waals surface area (Å²) in [6.45, 7) is 2.20. The monoisotopic (exact) mass is 336 g/mol. The van der Waals surface area contributed by atoms with Crippen molar-refractivity contribution in [2.24, 2.45) is 0 Å². The molecule has 0 spiro atoms. The lowest BCUT2D eigenvalue weighted by Crippen LogP contribution is -2.16. The standard InChI is InChI=1S/C21H21ClN2/c1-16(10-11-17-7-3-2-4-8-17)24-21-15-18(22)12-13-19(21)20-9-5-6-14-23-20/h2-9,12-16,24H,10-11H2,1H3. The van der Waals surface area contributed by atoms with Crippen LogP contribution >= 0.6 is 11.6 Å². The third-order valence-electron chi connectivity index (χ3n) is 4.03. The van der Waals surface area contributed by atoms with Gasteiger partial charge in [0, 0.05) is 28.5 Å². The zero-order valence-corrected chi connectivity index (χ0v) is 14.5. The molecule has 0 saturated carbocycles. The summed E-state index contributed by atoms with van der Waals surface area (Å²) in [7, 11) is 0. The number of aryl methyl sites for hydroxylation is 1. The first-order valence-electron chi connectivity index (χ1n) is 8.24. The summed E-state index contributed by atoms with van der Waals surface area (Å²) in [6, 6.07) is 22.8. The number of rotatable bonds is 6. The Morgan fingerprint density at radius 1 is 1.00 bits per heavy atom. The number of anilines is 1. The highest BCUT2D eigenvalue weighted by Gasteiger charge is 2.10. The predicted molar refractivity (Wildman–Crippen MR) is 103 cm³/mol. The van der Waals surface area contributed by atoms with Gasteiger partial charge in [-0.15, -0.1) is 0 Å². The Morgan fingerprint density at radius 3 is 2.54 bits per heavy atom. The minimum absolute atomic E-state index is 0.339. The molecular formula is C21H21ClN2. The van der Waals surface area contributed by atoms with Crippen molar-refractivity contribution in [1.82, 2.24) is 4.98 Å². The molecule has 1 N–H and O–H groups in total. The Labute approximate surface area is 148 Å². The summed E-state index contributed by atoms with van der Waals surface area (Å²) in [4.78, 5) is 4.46. The van der Waals surface area contributed by atoms with Crippen LogP contribution in [0.1, 0.15) is 18.9 Å². The first-order chi connectivity index (χ1) is 11.7. The zero-order chi connectivity index (χ0) is 16.8. The van der Waals surface area contributed by atoms with Crippen LogP contribution in [-0.4, -0.2) is 11.0 Å². The molecule has 0 fully saturated rings. The Morgan fingerprint density at radius 2 is 1.79 bits per heavy atom. The average molecular weight is 337 g/mol. The van der Waals surface area contributed by atoms with Crippen LogP contribution in [-0.2, 0) is 6.42 Å². The van der Waals surface area contributed by atoms with Crippen LogP contribution in [0.5, 0.6) is 0 Å². The molecule has 0 bridgehead atoms. The van der Waals surface area contributed by atoms with Gasteiger partial charge in [-0.05, 0) is 55.7 Å². The van der Waals surface area contributed by atoms with E-state index in [0.29, 0.717) is 6.04 Å². The van der Waals surface area contributed by atoms with Crippen LogP contribution in [0, 0.1) is 0 Å². The lowest BCUT2D eigenvalue weighted by molar-refractivity contribution is 0.706. The van der Waals surface area contributed by atoms with Gasteiger partial charge in [-0.2, -0.15) is 0 Å². The van der Waals surface area contributed by atoms with Gasteiger partial charge in [-0.3, -0.25) is 4.98 Å². The summed E-state index contributed by atoms with van der Waals surface area (Å²) in [5.74, 6) is 0. The van der Waals surface area contributed by atoms with E-state index in [9.17, 15) is 0 Å². The molecule has 3 heteroatoms. The number of hydrogen-bond donors (Lipinski definition) is 1. The van der Waals surface area contributed by atoms with Crippen LogP contribution in [0.15, 0.2) is 72.9 Å². The summed E-state index contributed by atoms with van der Waals surface area (Å²) in [6.07, 6.45) is 3.92. The van der Waals surface area contributed by atoms with Crippen molar-refractivity contribution in [3.8, 4) is 11.3 Å². The second-order valence-corrected chi connectivity index (χ2v) is 6.41. The molecule has 0 aliphatic carbocycles. The molecule has 122 valence electrons. The molecule has 0 amide bonds. The number of halogens is 1. The molecule has 0 saturated heterocycles. The maximum Gasteiger partial charge on any atom is 0.0722 e. The van der Waals surface area contributed by atoms with Gasteiger partial charge in [-0.25, -0.2) is 0 Å². The van der Waals surface area contributed by atoms with Gasteiger partial charge in [0.2, 0.25) is 0 Å². The van der Waals surface area contributed by atoms with Gasteiger partial charge in [0.25, 0.3) is 0 Å². The second-order valence-electron chi connectivity index (χ2n) is 5.97. The number of hydrogen-bond acceptors (Lipinski definition) is 2. The van der Waals surface area contributed by atoms with Crippen molar-refractivity contribution >= 4 is 17.3 Å². The molecule has 3 rings (SSSR count). The molecule has 2 nitrogen and oxygen atoms in total. The molecule has 24 heavy (non-hydrogen) atoms. The van der Waals surface area contributed by atoms with Crippen molar-refractivity contribution in [2.75, 3.05) is 5.32 Å². The van der Waals surface area contributed by atoms with Crippen LogP contribution < -0.4 is 5.32 Å². The van der Waals surface area contributed by atoms with E-state index in [-0.39, 0.29) is 0 Å². The number of benzene rings is 2. The van der Waals surface area contributed by atoms with Gasteiger partial charge in [0.1, 0.15) is 0 Å². The summed E-state index contributed by atoms with van der Waals surface area (Å²) >= 11 is 6.20. The topological polar surface area (TPSA) is 24.9 Å². The van der Waals surface area contributed by atoms with Gasteiger partial charge < -0.3 is 5.32 Å². The Hall–Kier alpha value is -2.32. The predicted octanol–water partition coefficient (Wildman–Crippen LogP) is 5.84. The van der Waals surface area contributed by atoms with Gasteiger partial charge in [0.05, 0.1) is 5.69 Å². The molecule has 1 unspecified atom stereocenters. The third-order valence-corrected chi connectivity index (χ3v) is 4.27. The number of nitrogens with one attached hydrogen (secondary N) is 1. The lowest BCUT2D eigenvalue weighted by atomic mass is 10.0. The van der Waals surface area contributed by atoms with Gasteiger partial charge in [-0.1, -0.05) is 48.0 Å². The minimum Gasteiger partial charge on any atom is -0.382 e. The molecule has 0 radical (unpaired) electrons. The lowest BCUT2D eigenvalue weighted by Gasteiger charge is -2.18. The SMILES string of the molecule is CC(CCc1ccccc1)Nc1cc(Cl)ccc1-c1ccccn1. The summed E-state index contributed by atoms with van der Waals surface area (Å²) < 4.78 is 0. The Kier molecular flexibility index (Phi) is 5.50. The van der Waals surface area contributed by atoms with Crippen molar-refractivity contribution < 1.29 is 0 Å². The van der Waals surface area contributed by atoms with E-state index < -0.39 is 0 Å². The normalized spacial score (nSPS) is 11.9. The van der Waals surface area contributed by atoms with Gasteiger partial charge in [0.15, 0.2) is 0 Å². The van der Waals surface area contributed by atoms with Crippen LogP contribution in [0.3, 0.4) is 0 Å². The minimum atomic E-state index is 0.339. The van der Waals surface area contributed by atoms with E-state index in [4.69, 9.17) is 11.6 Å². The van der Waals surface area contributed by atoms with E-state index in [1.165, 1.54) is 5.56 Å². The number of aromatic nitrogens is 1. The smallest absolute Gasteiger partial charge is 0.0722 e. The quantitative estimate of drug-likeness (QED) is 0.612. The van der Waals surface area contributed by atoms with E-state index in [1.807, 2.05) is 42.6 Å². The summed E-state index contributed by atoms with van der Waals surface area (Å²) in [5.41, 5.74) is 4.42. The first-order valence-corrected chi connectivity index (χ1v) is 8.61. The fraction of sp³-hybridized carbons (Fsp3) is 0.190. The van der Waals surface area contributed by atoms with Crippen LogP contribution in [0.2, 0.25) is 5.02 Å². The highest BCUT2D eigenvalue weighted by Crippen LogP contribution is 2.30. The fourth-order valence-electron chi connectivity index (χ4n) is 2.75.